The van der Waals surface area contributed by atoms with Crippen LogP contribution in [0.3, 0.4) is 0 Å². The van der Waals surface area contributed by atoms with Gasteiger partial charge in [0.25, 0.3) is 10.9 Å². The minimum absolute atomic E-state index is 0. The fourth-order valence-electron chi connectivity index (χ4n) is 0.302. The zero-order valence-corrected chi connectivity index (χ0v) is 22.3. The average molecular weight is 686 g/mol. The van der Waals surface area contributed by atoms with Crippen molar-refractivity contribution in [1.82, 2.24) is 0 Å². The van der Waals surface area contributed by atoms with Crippen molar-refractivity contribution in [3.05, 3.63) is 12.7 Å². The van der Waals surface area contributed by atoms with Gasteiger partial charge in [-0.3, -0.25) is 0 Å². The zero-order chi connectivity index (χ0) is 25.8. The molecular weight excluding hydrogens is 670 g/mol. The lowest BCUT2D eigenvalue weighted by atomic mass is 10.5. The maximum absolute atomic E-state index is 11.2. The van der Waals surface area contributed by atoms with Gasteiger partial charge in [0.1, 0.15) is 5.38 Å². The van der Waals surface area contributed by atoms with E-state index in [-0.39, 0.29) is 24.4 Å². The first-order chi connectivity index (χ1) is 13.2. The van der Waals surface area contributed by atoms with E-state index in [0.717, 1.165) is 0 Å². The van der Waals surface area contributed by atoms with Crippen LogP contribution in [0, 0.1) is 10.9 Å². The molecule has 0 aromatic carbocycles. The summed E-state index contributed by atoms with van der Waals surface area (Å²) < 4.78 is 97.4. The number of alkyl halides is 16. The Hall–Kier alpha value is 2.01. The lowest BCUT2D eigenvalue weighted by molar-refractivity contribution is -0.166. The molecule has 0 saturated heterocycles. The van der Waals surface area contributed by atoms with Gasteiger partial charge in [-0.15, -0.1) is 58.8 Å². The molecule has 0 aromatic heterocycles. The highest BCUT2D eigenvalue weighted by molar-refractivity contribution is 6.67. The molecule has 0 fully saturated rings. The minimum Gasteiger partial charge on any atom is -0.171 e. The van der Waals surface area contributed by atoms with E-state index < -0.39 is 40.0 Å². The lowest BCUT2D eigenvalue weighted by Gasteiger charge is -2.08. The molecule has 31 heavy (non-hydrogen) atoms. The van der Waals surface area contributed by atoms with E-state index in [2.05, 4.69) is 39.9 Å². The van der Waals surface area contributed by atoms with E-state index in [1.54, 1.807) is 0 Å². The molecule has 196 valence electrons. The second-order valence-corrected chi connectivity index (χ2v) is 8.12. The molecule has 0 bridgehead atoms. The second kappa shape index (κ2) is 25.1. The molecule has 1 unspecified atom stereocenters. The van der Waals surface area contributed by atoms with Crippen molar-refractivity contribution >= 4 is 104 Å². The van der Waals surface area contributed by atoms with Gasteiger partial charge in [0.15, 0.2) is 3.79 Å². The van der Waals surface area contributed by atoms with Gasteiger partial charge in [-0.2, -0.15) is 39.5 Å². The Morgan fingerprint density at radius 3 is 1.06 bits per heavy atom. The van der Waals surface area contributed by atoms with E-state index in [0.29, 0.717) is 12.3 Å². The second-order valence-electron chi connectivity index (χ2n) is 4.02. The lowest BCUT2D eigenvalue weighted by Crippen LogP contribution is -2.24. The van der Waals surface area contributed by atoms with Gasteiger partial charge in [0, 0.05) is 30.1 Å². The Bertz CT molecular complexity index is 352. The van der Waals surface area contributed by atoms with Crippen molar-refractivity contribution in [2.75, 3.05) is 17.6 Å². The van der Waals surface area contributed by atoms with Crippen LogP contribution in [0.1, 0.15) is 12.8 Å². The summed E-state index contributed by atoms with van der Waals surface area (Å²) in [6, 6.07) is 0. The maximum atomic E-state index is 11.2. The first kappa shape index (κ1) is 46.4. The predicted molar refractivity (Wildman–Crippen MR) is 114 cm³/mol. The van der Waals surface area contributed by atoms with Crippen LogP contribution in [0.25, 0.3) is 0 Å². The topological polar surface area (TPSA) is 0 Å². The minimum atomic E-state index is -4.36. The van der Waals surface area contributed by atoms with E-state index >= 15 is 0 Å². The smallest absolute Gasteiger partial charge is 0.171 e. The van der Waals surface area contributed by atoms with Crippen LogP contribution in [0.15, 0.2) is 12.7 Å². The average Bonchev–Trinajstić information content (AvgIpc) is 2.54. The highest BCUT2D eigenvalue weighted by atomic mass is 36.5. The van der Waals surface area contributed by atoms with E-state index in [1.165, 1.54) is 0 Å². The van der Waals surface area contributed by atoms with Crippen molar-refractivity contribution < 1.29 is 50.4 Å². The fraction of sp³-hybridized carbons (Fsp3) is 0.833. The Morgan fingerprint density at radius 2 is 1.06 bits per heavy atom. The molecule has 0 aliphatic heterocycles. The van der Waals surface area contributed by atoms with Crippen LogP contribution in [0.5, 0.6) is 0 Å². The van der Waals surface area contributed by atoms with Crippen LogP contribution >= 0.6 is 104 Å². The summed E-state index contributed by atoms with van der Waals surface area (Å²) in [6.07, 6.45) is -13.2. The van der Waals surface area contributed by atoms with E-state index in [9.17, 15) is 39.5 Å². The van der Waals surface area contributed by atoms with Crippen LogP contribution in [-0.2, 0) is 0 Å². The third-order valence-electron chi connectivity index (χ3n) is 1.48. The van der Waals surface area contributed by atoms with Crippen molar-refractivity contribution in [3.8, 4) is 0 Å². The van der Waals surface area contributed by atoms with Crippen LogP contribution in [0.2, 0.25) is 0 Å². The van der Waals surface area contributed by atoms with Gasteiger partial charge < -0.3 is 0 Å². The summed E-state index contributed by atoms with van der Waals surface area (Å²) in [6.45, 7) is 2.51. The van der Waals surface area contributed by atoms with Gasteiger partial charge >= 0.3 is 18.5 Å². The molecule has 0 heterocycles. The van der Waals surface area contributed by atoms with Gasteiger partial charge in [-0.05, 0) is 0 Å². The molecule has 0 nitrogen and oxygen atoms in total. The molecule has 0 amide bonds. The van der Waals surface area contributed by atoms with Crippen LogP contribution in [-0.4, -0.2) is 45.3 Å². The van der Waals surface area contributed by atoms with Crippen LogP contribution in [0.4, 0.5) is 39.5 Å². The Kier molecular flexibility index (Phi) is 37.6. The Labute approximate surface area is 224 Å². The highest BCUT2D eigenvalue weighted by Crippen LogP contribution is 2.29. The maximum Gasteiger partial charge on any atom is 0.409 e. The number of halogens is 19. The van der Waals surface area contributed by atoms with Crippen LogP contribution < -0.4 is 0 Å². The molecule has 1 atom stereocenters. The monoisotopic (exact) mass is 681 g/mol. The van der Waals surface area contributed by atoms with E-state index in [4.69, 9.17) is 69.6 Å². The number of allylic oxidation sites excluding steroid dienone is 1. The molecule has 0 aliphatic rings. The molecule has 0 N–H and O–H groups in total. The summed E-state index contributed by atoms with van der Waals surface area (Å²) in [4.78, 5) is 0. The van der Waals surface area contributed by atoms with Gasteiger partial charge in [0.05, 0.1) is 6.42 Å². The molecule has 0 aliphatic carbocycles. The molecule has 0 saturated carbocycles. The van der Waals surface area contributed by atoms with Gasteiger partial charge in [-0.25, -0.2) is 0 Å². The quantitative estimate of drug-likeness (QED) is 0.158. The first-order valence-electron chi connectivity index (χ1n) is 6.54. The van der Waals surface area contributed by atoms with E-state index in [1.807, 2.05) is 0 Å². The molecule has 19 heteroatoms. The summed E-state index contributed by atoms with van der Waals surface area (Å²) in [7, 11) is 7.78. The Morgan fingerprint density at radius 1 is 0.774 bits per heavy atom. The number of rotatable bonds is 3. The summed E-state index contributed by atoms with van der Waals surface area (Å²) in [5.41, 5.74) is 0. The summed E-state index contributed by atoms with van der Waals surface area (Å²) >= 11 is 35.3. The fourth-order valence-corrected chi connectivity index (χ4v) is 1.55. The van der Waals surface area contributed by atoms with Gasteiger partial charge in [-0.1, -0.05) is 41.4 Å². The van der Waals surface area contributed by atoms with Gasteiger partial charge in [0.2, 0.25) is 10.9 Å². The molecule has 0 rings (SSSR count). The molecule has 0 aromatic rings. The van der Waals surface area contributed by atoms with Crippen molar-refractivity contribution in [2.45, 2.75) is 40.5 Å². The van der Waals surface area contributed by atoms with Crippen molar-refractivity contribution in [2.24, 2.45) is 0 Å². The predicted octanol–water partition coefficient (Wildman–Crippen LogP) is 10.1. The summed E-state index contributed by atoms with van der Waals surface area (Å²) in [5, 5.41) is -1.91. The van der Waals surface area contributed by atoms with Crippen molar-refractivity contribution in [3.63, 3.8) is 0 Å². The Balaban J connectivity index is -0.0000000649. The number of hydrogen-bond donors (Lipinski definition) is 0. The molecule has 0 spiro atoms. The highest BCUT2D eigenvalue weighted by Gasteiger charge is 2.37. The SMILES string of the molecule is C=CC(F)(F)F.Cl.ClCCC(Cl)(Cl)Cl.Cl[ClH+].FC(F)(F)C(Cl)CCl.FC(F)(F)CCCl. The van der Waals surface area contributed by atoms with Crippen molar-refractivity contribution in [1.29, 1.82) is 0 Å². The number of hydrogen-bond acceptors (Lipinski definition) is 0. The summed E-state index contributed by atoms with van der Waals surface area (Å²) in [5.74, 6) is -0.551. The third-order valence-corrected chi connectivity index (χ3v) is 3.29. The standard InChI is InChI=1S/C3H4Cl4.C3H3Cl2F3.C3H4ClF3.C3H3F3.Cl2H.ClH/c4-2-1-3(5,6)7;4-1-2(5)3(6,7)8;4-2-1-3(5,6)7;1-2-3(4,5)6;1-2;/h1-2H2;2H,1H2;1-2H2;2H,1H2;1H;1H/q;;;;+1;. The normalized spacial score (nSPS) is 11.9. The zero-order valence-electron chi connectivity index (χ0n) is 14.6. The molecular formula is C12H16Cl10F9+. The third kappa shape index (κ3) is 65.3. The molecule has 0 radical (unpaired) electrons. The first-order valence-corrected chi connectivity index (χ1v) is 11.0. The largest absolute Gasteiger partial charge is 0.409 e.